The highest BCUT2D eigenvalue weighted by Crippen LogP contribution is 2.01. The second-order valence-corrected chi connectivity index (χ2v) is 3.18. The average molecular weight is 200 g/mol. The van der Waals surface area contributed by atoms with Crippen molar-refractivity contribution in [2.45, 2.75) is 40.3 Å². The Labute approximate surface area is 85.4 Å². The minimum atomic E-state index is -0.584. The second kappa shape index (κ2) is 6.43. The number of nitrogens with one attached hydrogen (secondary N) is 2. The monoisotopic (exact) mass is 200 g/mol. The number of rotatable bonds is 5. The van der Waals surface area contributed by atoms with Crippen LogP contribution in [0.15, 0.2) is 11.3 Å². The molecule has 1 unspecified atom stereocenters. The first-order chi connectivity index (χ1) is 6.52. The number of carbonyl (C=O) groups is 1. The molecular weight excluding hydrogens is 180 g/mol. The first-order valence-corrected chi connectivity index (χ1v) is 4.93. The van der Waals surface area contributed by atoms with Crippen molar-refractivity contribution in [2.24, 2.45) is 0 Å². The molecule has 0 spiro atoms. The SMILES string of the molecule is CCNC(=O)/C(C)=C(/C)NC(O)CC. The lowest BCUT2D eigenvalue weighted by atomic mass is 10.2. The standard InChI is InChI=1S/C10H20N2O2/c1-5-9(13)12-8(4)7(3)10(14)11-6-2/h9,12-13H,5-6H2,1-4H3,(H,11,14)/b8-7-. The first kappa shape index (κ1) is 13.0. The molecule has 0 heterocycles. The lowest BCUT2D eigenvalue weighted by Crippen LogP contribution is -2.30. The van der Waals surface area contributed by atoms with Crippen LogP contribution in [0.25, 0.3) is 0 Å². The van der Waals surface area contributed by atoms with Gasteiger partial charge in [-0.15, -0.1) is 0 Å². The fourth-order valence-electron chi connectivity index (χ4n) is 0.924. The Balaban J connectivity index is 4.34. The highest BCUT2D eigenvalue weighted by Gasteiger charge is 2.08. The molecule has 0 radical (unpaired) electrons. The van der Waals surface area contributed by atoms with Crippen LogP contribution in [-0.2, 0) is 4.79 Å². The third kappa shape index (κ3) is 4.28. The summed E-state index contributed by atoms with van der Waals surface area (Å²) < 4.78 is 0. The van der Waals surface area contributed by atoms with Gasteiger partial charge in [-0.3, -0.25) is 4.79 Å². The predicted octanol–water partition coefficient (Wildman–Crippen LogP) is 0.734. The maximum atomic E-state index is 11.4. The molecule has 4 heteroatoms. The van der Waals surface area contributed by atoms with Crippen LogP contribution in [0.3, 0.4) is 0 Å². The predicted molar refractivity (Wildman–Crippen MR) is 56.5 cm³/mol. The topological polar surface area (TPSA) is 61.4 Å². The van der Waals surface area contributed by atoms with E-state index in [4.69, 9.17) is 0 Å². The molecule has 0 saturated carbocycles. The molecular formula is C10H20N2O2. The van der Waals surface area contributed by atoms with E-state index < -0.39 is 6.23 Å². The summed E-state index contributed by atoms with van der Waals surface area (Å²) >= 11 is 0. The van der Waals surface area contributed by atoms with E-state index in [1.165, 1.54) is 0 Å². The molecule has 0 aliphatic heterocycles. The Bertz CT molecular complexity index is 224. The summed E-state index contributed by atoms with van der Waals surface area (Å²) in [5.41, 5.74) is 1.32. The molecule has 0 aliphatic rings. The molecule has 4 nitrogen and oxygen atoms in total. The van der Waals surface area contributed by atoms with E-state index in [-0.39, 0.29) is 5.91 Å². The van der Waals surface area contributed by atoms with Gasteiger partial charge in [-0.1, -0.05) is 6.92 Å². The number of hydrogen-bond acceptors (Lipinski definition) is 3. The molecule has 0 saturated heterocycles. The molecule has 0 bridgehead atoms. The largest absolute Gasteiger partial charge is 0.374 e. The van der Waals surface area contributed by atoms with Gasteiger partial charge in [-0.05, 0) is 27.2 Å². The zero-order valence-electron chi connectivity index (χ0n) is 9.35. The van der Waals surface area contributed by atoms with Crippen molar-refractivity contribution in [3.8, 4) is 0 Å². The lowest BCUT2D eigenvalue weighted by molar-refractivity contribution is -0.117. The molecule has 0 aromatic carbocycles. The van der Waals surface area contributed by atoms with Crippen molar-refractivity contribution < 1.29 is 9.90 Å². The summed E-state index contributed by atoms with van der Waals surface area (Å²) in [6.45, 7) is 7.86. The van der Waals surface area contributed by atoms with Crippen LogP contribution < -0.4 is 10.6 Å². The molecule has 0 aliphatic carbocycles. The quantitative estimate of drug-likeness (QED) is 0.453. The number of hydrogen-bond donors (Lipinski definition) is 3. The Morgan fingerprint density at radius 1 is 1.36 bits per heavy atom. The fourth-order valence-corrected chi connectivity index (χ4v) is 0.924. The Kier molecular flexibility index (Phi) is 5.95. The van der Waals surface area contributed by atoms with Gasteiger partial charge in [0.2, 0.25) is 5.91 Å². The van der Waals surface area contributed by atoms with Gasteiger partial charge in [0.1, 0.15) is 6.23 Å². The Hall–Kier alpha value is -1.03. The van der Waals surface area contributed by atoms with E-state index >= 15 is 0 Å². The van der Waals surface area contributed by atoms with E-state index in [1.807, 2.05) is 13.8 Å². The van der Waals surface area contributed by atoms with E-state index in [0.717, 1.165) is 0 Å². The molecule has 1 amide bonds. The summed E-state index contributed by atoms with van der Waals surface area (Å²) in [5.74, 6) is -0.0965. The van der Waals surface area contributed by atoms with Crippen molar-refractivity contribution in [1.82, 2.24) is 10.6 Å². The van der Waals surface area contributed by atoms with Crippen LogP contribution in [0, 0.1) is 0 Å². The van der Waals surface area contributed by atoms with Crippen LogP contribution in [0.5, 0.6) is 0 Å². The molecule has 0 fully saturated rings. The third-order valence-electron chi connectivity index (χ3n) is 2.01. The second-order valence-electron chi connectivity index (χ2n) is 3.18. The highest BCUT2D eigenvalue weighted by molar-refractivity contribution is 5.93. The Morgan fingerprint density at radius 2 is 1.93 bits per heavy atom. The van der Waals surface area contributed by atoms with Crippen molar-refractivity contribution in [3.05, 3.63) is 11.3 Å². The highest BCUT2D eigenvalue weighted by atomic mass is 16.3. The number of aliphatic hydroxyl groups is 1. The third-order valence-corrected chi connectivity index (χ3v) is 2.01. The minimum absolute atomic E-state index is 0.0965. The Morgan fingerprint density at radius 3 is 2.36 bits per heavy atom. The maximum absolute atomic E-state index is 11.4. The van der Waals surface area contributed by atoms with E-state index in [1.54, 1.807) is 13.8 Å². The van der Waals surface area contributed by atoms with Gasteiger partial charge in [0.25, 0.3) is 0 Å². The van der Waals surface area contributed by atoms with Crippen molar-refractivity contribution in [1.29, 1.82) is 0 Å². The molecule has 0 rings (SSSR count). The van der Waals surface area contributed by atoms with Crippen molar-refractivity contribution >= 4 is 5.91 Å². The molecule has 0 aromatic heterocycles. The molecule has 82 valence electrons. The minimum Gasteiger partial charge on any atom is -0.374 e. The van der Waals surface area contributed by atoms with Gasteiger partial charge in [-0.2, -0.15) is 0 Å². The van der Waals surface area contributed by atoms with Crippen LogP contribution in [0.4, 0.5) is 0 Å². The number of likely N-dealkylation sites (N-methyl/N-ethyl adjacent to an activating group) is 1. The van der Waals surface area contributed by atoms with Gasteiger partial charge in [0, 0.05) is 17.8 Å². The van der Waals surface area contributed by atoms with E-state index in [0.29, 0.717) is 24.2 Å². The van der Waals surface area contributed by atoms with E-state index in [9.17, 15) is 9.90 Å². The van der Waals surface area contributed by atoms with Crippen molar-refractivity contribution in [3.63, 3.8) is 0 Å². The molecule has 1 atom stereocenters. The first-order valence-electron chi connectivity index (χ1n) is 4.93. The number of carbonyl (C=O) groups excluding carboxylic acids is 1. The van der Waals surface area contributed by atoms with Crippen LogP contribution >= 0.6 is 0 Å². The average Bonchev–Trinajstić information content (AvgIpc) is 2.16. The van der Waals surface area contributed by atoms with Crippen LogP contribution in [0.2, 0.25) is 0 Å². The fraction of sp³-hybridized carbons (Fsp3) is 0.700. The van der Waals surface area contributed by atoms with Crippen molar-refractivity contribution in [2.75, 3.05) is 6.54 Å². The summed E-state index contributed by atoms with van der Waals surface area (Å²) in [7, 11) is 0. The van der Waals surface area contributed by atoms with Crippen LogP contribution in [0.1, 0.15) is 34.1 Å². The normalized spacial score (nSPS) is 14.4. The lowest BCUT2D eigenvalue weighted by Gasteiger charge is -2.14. The van der Waals surface area contributed by atoms with Crippen LogP contribution in [-0.4, -0.2) is 23.8 Å². The summed E-state index contributed by atoms with van der Waals surface area (Å²) in [6.07, 6.45) is 0.0272. The van der Waals surface area contributed by atoms with Gasteiger partial charge in [0.05, 0.1) is 0 Å². The zero-order valence-corrected chi connectivity index (χ0v) is 9.35. The summed E-state index contributed by atoms with van der Waals surface area (Å²) in [4.78, 5) is 11.4. The summed E-state index contributed by atoms with van der Waals surface area (Å²) in [6, 6.07) is 0. The van der Waals surface area contributed by atoms with Gasteiger partial charge in [0.15, 0.2) is 0 Å². The molecule has 3 N–H and O–H groups in total. The summed E-state index contributed by atoms with van der Waals surface area (Å²) in [5, 5.41) is 14.9. The maximum Gasteiger partial charge on any atom is 0.248 e. The number of amides is 1. The smallest absolute Gasteiger partial charge is 0.248 e. The van der Waals surface area contributed by atoms with E-state index in [2.05, 4.69) is 10.6 Å². The number of allylic oxidation sites excluding steroid dienone is 1. The van der Waals surface area contributed by atoms with Gasteiger partial charge >= 0.3 is 0 Å². The number of aliphatic hydroxyl groups excluding tert-OH is 1. The van der Waals surface area contributed by atoms with Gasteiger partial charge < -0.3 is 15.7 Å². The van der Waals surface area contributed by atoms with Gasteiger partial charge in [-0.25, -0.2) is 0 Å². The zero-order chi connectivity index (χ0) is 11.1. The molecule has 14 heavy (non-hydrogen) atoms. The molecule has 0 aromatic rings.